The normalized spacial score (nSPS) is 33.3. The van der Waals surface area contributed by atoms with Crippen molar-refractivity contribution in [2.75, 3.05) is 11.5 Å². The molecule has 1 aromatic carbocycles. The molecule has 0 spiro atoms. The maximum atomic E-state index is 16.3. The van der Waals surface area contributed by atoms with E-state index in [1.807, 2.05) is 6.07 Å². The molecule has 3 saturated carbocycles. The second-order valence-corrected chi connectivity index (χ2v) is 16.7. The van der Waals surface area contributed by atoms with Gasteiger partial charge in [-0.15, -0.1) is 0 Å². The highest BCUT2D eigenvalue weighted by molar-refractivity contribution is 7.84. The molecule has 9 heteroatoms. The van der Waals surface area contributed by atoms with Crippen LogP contribution in [-0.2, 0) is 15.6 Å². The molecule has 45 heavy (non-hydrogen) atoms. The summed E-state index contributed by atoms with van der Waals surface area (Å²) in [4.78, 5) is 12.9. The molecule has 0 saturated heterocycles. The number of rotatable bonds is 15. The summed E-state index contributed by atoms with van der Waals surface area (Å²) in [6.07, 6.45) is 3.74. The third-order valence-electron chi connectivity index (χ3n) is 12.3. The molecule has 4 aliphatic rings. The van der Waals surface area contributed by atoms with Crippen molar-refractivity contribution in [3.05, 3.63) is 29.3 Å². The maximum absolute atomic E-state index is 16.3. The lowest BCUT2D eigenvalue weighted by molar-refractivity contribution is -0.240. The fourth-order valence-electron chi connectivity index (χ4n) is 9.33. The molecule has 0 aliphatic heterocycles. The Morgan fingerprint density at radius 3 is 2.24 bits per heavy atom. The average Bonchev–Trinajstić information content (AvgIpc) is 3.81. The number of phenolic OH excluding ortho intramolecular Hbond substituents is 1. The zero-order valence-electron chi connectivity index (χ0n) is 26.9. The molecule has 8 unspecified atom stereocenters. The van der Waals surface area contributed by atoms with Gasteiger partial charge in [-0.3, -0.25) is 9.00 Å². The molecule has 9 atom stereocenters. The molecule has 0 amide bonds. The predicted octanol–water partition coefficient (Wildman–Crippen LogP) is 10.1. The molecule has 0 aromatic heterocycles. The summed E-state index contributed by atoms with van der Waals surface area (Å²) in [6, 6.07) is 5.18. The number of unbranched alkanes of at least 4 members (excludes halogenated alkanes) is 6. The van der Waals surface area contributed by atoms with Crippen LogP contribution in [0, 0.1) is 35.0 Å². The van der Waals surface area contributed by atoms with Gasteiger partial charge in [-0.25, -0.2) is 8.78 Å². The molecular weight excluding hydrogens is 607 g/mol. The molecule has 0 radical (unpaired) electrons. The van der Waals surface area contributed by atoms with Gasteiger partial charge >= 0.3 is 6.18 Å². The van der Waals surface area contributed by atoms with Crippen LogP contribution in [0.4, 0.5) is 22.0 Å². The number of carbonyl (C=O) groups excluding carboxylic acids is 1. The zero-order valence-corrected chi connectivity index (χ0v) is 27.7. The smallest absolute Gasteiger partial charge is 0.422 e. The first kappa shape index (κ1) is 34.8. The van der Waals surface area contributed by atoms with E-state index in [9.17, 15) is 31.7 Å². The van der Waals surface area contributed by atoms with Crippen molar-refractivity contribution in [1.29, 1.82) is 0 Å². The number of phenols is 1. The first-order valence-corrected chi connectivity index (χ1v) is 18.9. The Balaban J connectivity index is 1.03. The predicted molar refractivity (Wildman–Crippen MR) is 168 cm³/mol. The Bertz CT molecular complexity index is 1220. The molecular formula is C36H51F5O3S. The Labute approximate surface area is 268 Å². The second kappa shape index (κ2) is 13.9. The van der Waals surface area contributed by atoms with Gasteiger partial charge in [-0.2, -0.15) is 13.2 Å². The monoisotopic (exact) mass is 658 g/mol. The summed E-state index contributed by atoms with van der Waals surface area (Å²) in [5, 5.41) is 10.1. The van der Waals surface area contributed by atoms with Crippen molar-refractivity contribution < 1.29 is 36.1 Å². The number of carbonyl (C=O) groups is 1. The Morgan fingerprint density at radius 2 is 1.58 bits per heavy atom. The molecule has 3 fully saturated rings. The van der Waals surface area contributed by atoms with E-state index in [1.165, 1.54) is 0 Å². The Morgan fingerprint density at radius 1 is 0.933 bits per heavy atom. The van der Waals surface area contributed by atoms with E-state index < -0.39 is 41.2 Å². The van der Waals surface area contributed by atoms with Gasteiger partial charge in [-0.1, -0.05) is 58.4 Å². The van der Waals surface area contributed by atoms with Crippen LogP contribution in [0.15, 0.2) is 18.2 Å². The lowest BCUT2D eigenvalue weighted by atomic mass is 9.51. The number of aromatic hydroxyl groups is 1. The highest BCUT2D eigenvalue weighted by atomic mass is 32.2. The minimum Gasteiger partial charge on any atom is -0.508 e. The number of ketones is 1. The fourth-order valence-corrected chi connectivity index (χ4v) is 10.5. The van der Waals surface area contributed by atoms with Gasteiger partial charge in [-0.05, 0) is 104 Å². The number of halogens is 5. The highest BCUT2D eigenvalue weighted by Crippen LogP contribution is 2.65. The molecule has 254 valence electrons. The molecule has 3 nitrogen and oxygen atoms in total. The van der Waals surface area contributed by atoms with Crippen molar-refractivity contribution in [2.45, 2.75) is 134 Å². The fraction of sp³-hybridized carbons (Fsp3) is 0.806. The topological polar surface area (TPSA) is 54.4 Å². The van der Waals surface area contributed by atoms with Crippen LogP contribution >= 0.6 is 0 Å². The summed E-state index contributed by atoms with van der Waals surface area (Å²) in [5.74, 6) is 0.433. The van der Waals surface area contributed by atoms with Crippen LogP contribution in [0.3, 0.4) is 0 Å². The van der Waals surface area contributed by atoms with E-state index in [-0.39, 0.29) is 65.8 Å². The van der Waals surface area contributed by atoms with Crippen molar-refractivity contribution in [1.82, 2.24) is 0 Å². The van der Waals surface area contributed by atoms with Crippen LogP contribution in [0.5, 0.6) is 5.75 Å². The van der Waals surface area contributed by atoms with Gasteiger partial charge in [0, 0.05) is 40.6 Å². The number of fused-ring (bicyclic) bond motifs is 5. The van der Waals surface area contributed by atoms with Crippen LogP contribution in [-0.4, -0.2) is 38.4 Å². The van der Waals surface area contributed by atoms with Gasteiger partial charge in [0.1, 0.15) is 17.7 Å². The minimum atomic E-state index is -4.86. The molecule has 1 aromatic rings. The van der Waals surface area contributed by atoms with E-state index in [0.717, 1.165) is 69.8 Å². The number of benzene rings is 1. The number of hydrogen-bond acceptors (Lipinski definition) is 3. The van der Waals surface area contributed by atoms with Gasteiger partial charge in [0.15, 0.2) is 0 Å². The van der Waals surface area contributed by atoms with Crippen LogP contribution in [0.2, 0.25) is 0 Å². The quantitative estimate of drug-likeness (QED) is 0.151. The van der Waals surface area contributed by atoms with E-state index >= 15 is 4.39 Å². The maximum Gasteiger partial charge on any atom is 0.422 e. The molecule has 1 N–H and O–H groups in total. The summed E-state index contributed by atoms with van der Waals surface area (Å²) >= 11 is 0. The van der Waals surface area contributed by atoms with E-state index in [0.29, 0.717) is 23.5 Å². The van der Waals surface area contributed by atoms with Crippen molar-refractivity contribution in [3.8, 4) is 5.75 Å². The summed E-state index contributed by atoms with van der Waals surface area (Å²) in [6.45, 7) is 4.30. The van der Waals surface area contributed by atoms with Crippen molar-refractivity contribution in [2.24, 2.45) is 35.0 Å². The van der Waals surface area contributed by atoms with Gasteiger partial charge in [0.2, 0.25) is 5.67 Å². The van der Waals surface area contributed by atoms with Crippen molar-refractivity contribution >= 4 is 16.6 Å². The standard InChI is InChI=1S/C36H51F5O3S/c1-23-31(43)22-30-32-27(16-18-34(23,30)2)26-15-14-25(42)21-29(26)33(37)28(32)11-8-6-4-3-5-7-9-19-45(44)20-10-17-35(38,24-12-13-24)36(39,40)41/h14-15,21,23-24,27-28,30,32-33,42H,3-13,16-20,22H2,1-2H3/t23?,27?,28-,30?,32?,33?,34?,35?,45?/m0/s1. The van der Waals surface area contributed by atoms with Gasteiger partial charge in [0.25, 0.3) is 0 Å². The lowest BCUT2D eigenvalue weighted by Crippen LogP contribution is -2.46. The first-order valence-electron chi connectivity index (χ1n) is 17.4. The Hall–Kier alpha value is -1.51. The summed E-state index contributed by atoms with van der Waals surface area (Å²) in [7, 11) is -1.23. The number of alkyl halides is 5. The molecule has 0 bridgehead atoms. The molecule has 0 heterocycles. The van der Waals surface area contributed by atoms with E-state index in [2.05, 4.69) is 13.8 Å². The van der Waals surface area contributed by atoms with Crippen LogP contribution in [0.1, 0.15) is 133 Å². The van der Waals surface area contributed by atoms with E-state index in [4.69, 9.17) is 0 Å². The first-order chi connectivity index (χ1) is 21.3. The third kappa shape index (κ3) is 7.18. The van der Waals surface area contributed by atoms with Crippen molar-refractivity contribution in [3.63, 3.8) is 0 Å². The van der Waals surface area contributed by atoms with E-state index in [1.54, 1.807) is 12.1 Å². The minimum absolute atomic E-state index is 0.0104. The third-order valence-corrected chi connectivity index (χ3v) is 13.8. The number of Topliss-reactive ketones (excluding diaryl/α,β-unsaturated/α-hetero) is 1. The molecule has 4 aliphatic carbocycles. The summed E-state index contributed by atoms with van der Waals surface area (Å²) in [5.41, 5.74) is -1.55. The Kier molecular flexibility index (Phi) is 10.8. The molecule has 5 rings (SSSR count). The lowest BCUT2D eigenvalue weighted by Gasteiger charge is -2.54. The van der Waals surface area contributed by atoms with Gasteiger partial charge in [0.05, 0.1) is 0 Å². The average molecular weight is 659 g/mol. The largest absolute Gasteiger partial charge is 0.508 e. The van der Waals surface area contributed by atoms with Crippen LogP contribution in [0.25, 0.3) is 0 Å². The SMILES string of the molecule is CC1C(=O)CC2C3C(CCC12C)c1ccc(O)cc1C(F)[C@H]3CCCCCCCCCS(=O)CCCC(F)(C1CC1)C(F)(F)F. The van der Waals surface area contributed by atoms with Crippen LogP contribution < -0.4 is 0 Å². The zero-order chi connectivity index (χ0) is 32.6. The number of hydrogen-bond donors (Lipinski definition) is 1. The van der Waals surface area contributed by atoms with Gasteiger partial charge < -0.3 is 5.11 Å². The second-order valence-electron chi connectivity index (χ2n) is 15.0. The summed E-state index contributed by atoms with van der Waals surface area (Å²) < 4.78 is 82.6. The highest BCUT2D eigenvalue weighted by Gasteiger charge is 2.63.